The smallest absolute Gasteiger partial charge is 0.258 e. The van der Waals surface area contributed by atoms with Crippen molar-refractivity contribution in [1.29, 1.82) is 0 Å². The SMILES string of the molecule is CCN1C(=O)c2cc3cc(c2)N(CC)C(=O)c2cc4cc(c2)N(CC)C(=O)c2cc(cc1c2)C#CC#Cc1cc2cc(c1)N(CC)C(=O)c1cc(cc(c1)N(CC)C(=O)c1cc(cc(c1)N(CC)C2=O)C#CC#C3)C#CC#C4. The summed E-state index contributed by atoms with van der Waals surface area (Å²) in [4.78, 5) is 99.5. The number of carbonyl (C=O) groups is 6. The van der Waals surface area contributed by atoms with E-state index in [0.29, 0.717) is 67.5 Å². The lowest BCUT2D eigenvalue weighted by atomic mass is 10.0. The van der Waals surface area contributed by atoms with Gasteiger partial charge in [0.2, 0.25) is 0 Å². The van der Waals surface area contributed by atoms with Crippen LogP contribution >= 0.6 is 0 Å². The van der Waals surface area contributed by atoms with Crippen molar-refractivity contribution in [2.75, 3.05) is 68.7 Å². The Bertz CT molecular complexity index is 3380. The fraction of sp³-hybridized carbons (Fsp3) is 0.182. The minimum atomic E-state index is -0.434. The summed E-state index contributed by atoms with van der Waals surface area (Å²) in [7, 11) is 0. The average molecular weight is 1020 g/mol. The van der Waals surface area contributed by atoms with Crippen LogP contribution in [0.3, 0.4) is 0 Å². The van der Waals surface area contributed by atoms with E-state index >= 15 is 28.8 Å². The molecule has 6 aromatic carbocycles. The highest BCUT2D eigenvalue weighted by Gasteiger charge is 2.29. The number of hydrogen-bond donors (Lipinski definition) is 0. The van der Waals surface area contributed by atoms with Crippen molar-refractivity contribution in [2.24, 2.45) is 0 Å². The summed E-state index contributed by atoms with van der Waals surface area (Å²) in [5.41, 5.74) is 5.75. The van der Waals surface area contributed by atoms with Gasteiger partial charge in [-0.3, -0.25) is 28.8 Å². The van der Waals surface area contributed by atoms with E-state index in [1.165, 1.54) is 29.4 Å². The lowest BCUT2D eigenvalue weighted by Crippen LogP contribution is -2.33. The van der Waals surface area contributed by atoms with E-state index in [1.807, 2.05) is 41.5 Å². The topological polar surface area (TPSA) is 122 Å². The Hall–Kier alpha value is -10.5. The van der Waals surface area contributed by atoms with E-state index in [2.05, 4.69) is 71.0 Å². The number of hydrogen-bond acceptors (Lipinski definition) is 6. The maximum Gasteiger partial charge on any atom is 0.258 e. The van der Waals surface area contributed by atoms with Gasteiger partial charge in [0.15, 0.2) is 0 Å². The molecule has 12 heteroatoms. The van der Waals surface area contributed by atoms with Gasteiger partial charge in [0.1, 0.15) is 0 Å². The molecule has 5 aliphatic heterocycles. The lowest BCUT2D eigenvalue weighted by molar-refractivity contribution is 0.0977. The maximum atomic E-state index is 15.1. The van der Waals surface area contributed by atoms with E-state index in [4.69, 9.17) is 0 Å². The molecule has 378 valence electrons. The molecule has 0 aliphatic carbocycles. The summed E-state index contributed by atoms with van der Waals surface area (Å²) < 4.78 is 0. The van der Waals surface area contributed by atoms with Gasteiger partial charge in [0.05, 0.1) is 0 Å². The first-order chi connectivity index (χ1) is 37.8. The van der Waals surface area contributed by atoms with Crippen LogP contribution in [0.1, 0.15) is 137 Å². The quantitative estimate of drug-likeness (QED) is 0.154. The maximum absolute atomic E-state index is 15.1. The van der Waals surface area contributed by atoms with E-state index < -0.39 is 35.4 Å². The minimum absolute atomic E-state index is 0.176. The third-order valence-electron chi connectivity index (χ3n) is 13.7. The summed E-state index contributed by atoms with van der Waals surface area (Å²) >= 11 is 0. The van der Waals surface area contributed by atoms with Crippen LogP contribution in [0.5, 0.6) is 0 Å². The molecular formula is C66H48N6O6. The standard InChI is InChI=1S/C66H48N6O6/c1-7-67-55-31-43-19-13-14-21-45-28-52-40-58(34-45)70(10-4)66(78)54-30-48-24-18-17-23-46-27-51(39-57(33-46)69(9-3)62(74)50(26-43)37-55)63(75)68(8-2)56-32-44(25-49(38-56)61(67)73)20-15-16-22-47-29-53(41-59(35-47)71(11-5)64(52)76)65(77)72(12-6)60(36-48)42-54/h25-42H,7-12H2,1-6H3. The minimum Gasteiger partial charge on any atom is -0.309 e. The van der Waals surface area contributed by atoms with Crippen molar-refractivity contribution in [3.63, 3.8) is 0 Å². The largest absolute Gasteiger partial charge is 0.309 e. The number of carbonyl (C=O) groups excluding carboxylic acids is 6. The second-order valence-electron chi connectivity index (χ2n) is 18.4. The number of fused-ring (bicyclic) bond motifs is 9. The van der Waals surface area contributed by atoms with Gasteiger partial charge in [-0.25, -0.2) is 0 Å². The van der Waals surface area contributed by atoms with Gasteiger partial charge in [-0.2, -0.15) is 0 Å². The zero-order chi connectivity index (χ0) is 54.8. The summed E-state index contributed by atoms with van der Waals surface area (Å²) in [6.45, 7) is 12.0. The molecule has 0 N–H and O–H groups in total. The summed E-state index contributed by atoms with van der Waals surface area (Å²) in [6.07, 6.45) is 0. The first kappa shape index (κ1) is 51.0. The van der Waals surface area contributed by atoms with Crippen LogP contribution in [0, 0.1) is 71.0 Å². The molecule has 78 heavy (non-hydrogen) atoms. The Labute approximate surface area is 453 Å². The number of rotatable bonds is 6. The van der Waals surface area contributed by atoms with Gasteiger partial charge in [-0.05, 0) is 186 Å². The van der Waals surface area contributed by atoms with E-state index in [1.54, 1.807) is 109 Å². The monoisotopic (exact) mass is 1020 g/mol. The molecule has 6 amide bonds. The van der Waals surface area contributed by atoms with E-state index in [9.17, 15) is 0 Å². The Morgan fingerprint density at radius 2 is 0.372 bits per heavy atom. The van der Waals surface area contributed by atoms with Crippen LogP contribution in [0.15, 0.2) is 109 Å². The van der Waals surface area contributed by atoms with E-state index in [0.717, 1.165) is 0 Å². The van der Waals surface area contributed by atoms with E-state index in [-0.39, 0.29) is 72.6 Å². The summed E-state index contributed by atoms with van der Waals surface area (Å²) in [5, 5.41) is 0. The molecule has 18 bridgehead atoms. The predicted molar refractivity (Wildman–Crippen MR) is 304 cm³/mol. The zero-order valence-corrected chi connectivity index (χ0v) is 43.8. The first-order valence-corrected chi connectivity index (χ1v) is 25.7. The highest BCUT2D eigenvalue weighted by Crippen LogP contribution is 2.33. The van der Waals surface area contributed by atoms with Gasteiger partial charge in [-0.1, -0.05) is 35.5 Å². The van der Waals surface area contributed by atoms with Crippen molar-refractivity contribution in [1.82, 2.24) is 0 Å². The lowest BCUT2D eigenvalue weighted by Gasteiger charge is -2.25. The second-order valence-corrected chi connectivity index (χ2v) is 18.4. The molecule has 11 rings (SSSR count). The highest BCUT2D eigenvalue weighted by molar-refractivity contribution is 6.15. The molecule has 0 radical (unpaired) electrons. The molecule has 0 aromatic heterocycles. The first-order valence-electron chi connectivity index (χ1n) is 25.7. The molecule has 0 unspecified atom stereocenters. The predicted octanol–water partition coefficient (Wildman–Crippen LogP) is 9.15. The molecule has 5 heterocycles. The second kappa shape index (κ2) is 21.4. The molecule has 0 atom stereocenters. The normalized spacial score (nSPS) is 14.1. The van der Waals surface area contributed by atoms with Crippen LogP contribution in [0.4, 0.5) is 34.1 Å². The number of amides is 6. The number of anilines is 6. The fourth-order valence-electron chi connectivity index (χ4n) is 9.99. The van der Waals surface area contributed by atoms with Gasteiger partial charge in [0.25, 0.3) is 35.4 Å². The van der Waals surface area contributed by atoms with Crippen LogP contribution in [-0.2, 0) is 0 Å². The van der Waals surface area contributed by atoms with Gasteiger partial charge < -0.3 is 29.4 Å². The Morgan fingerprint density at radius 3 is 0.500 bits per heavy atom. The zero-order valence-electron chi connectivity index (χ0n) is 43.8. The number of benzene rings is 6. The molecule has 0 saturated carbocycles. The van der Waals surface area contributed by atoms with Crippen LogP contribution in [-0.4, -0.2) is 74.7 Å². The van der Waals surface area contributed by atoms with Crippen molar-refractivity contribution in [3.05, 3.63) is 176 Å². The summed E-state index contributed by atoms with van der Waals surface area (Å²) in [6, 6.07) is 30.0. The van der Waals surface area contributed by atoms with Crippen molar-refractivity contribution in [3.8, 4) is 71.0 Å². The summed E-state index contributed by atoms with van der Waals surface area (Å²) in [5.74, 6) is 33.7. The Balaban J connectivity index is 1.38. The molecule has 5 aliphatic rings. The van der Waals surface area contributed by atoms with Gasteiger partial charge in [-0.15, -0.1) is 0 Å². The van der Waals surface area contributed by atoms with Crippen LogP contribution in [0.25, 0.3) is 0 Å². The highest BCUT2D eigenvalue weighted by atomic mass is 16.2. The van der Waals surface area contributed by atoms with Crippen molar-refractivity contribution < 1.29 is 28.8 Å². The van der Waals surface area contributed by atoms with Gasteiger partial charge in [0, 0.05) is 140 Å². The Kier molecular flexibility index (Phi) is 14.0. The van der Waals surface area contributed by atoms with Crippen molar-refractivity contribution >= 4 is 69.6 Å². The van der Waals surface area contributed by atoms with Crippen molar-refractivity contribution in [2.45, 2.75) is 41.5 Å². The van der Waals surface area contributed by atoms with Crippen LogP contribution in [0.2, 0.25) is 0 Å². The molecule has 0 spiro atoms. The molecule has 0 saturated heterocycles. The third-order valence-corrected chi connectivity index (χ3v) is 13.7. The van der Waals surface area contributed by atoms with Crippen LogP contribution < -0.4 is 29.4 Å². The number of nitrogens with zero attached hydrogens (tertiary/aromatic N) is 6. The molecular weight excluding hydrogens is 973 g/mol. The average Bonchev–Trinajstić information content (AvgIpc) is 3.51. The molecule has 12 nitrogen and oxygen atoms in total. The molecule has 6 aromatic rings. The fourth-order valence-corrected chi connectivity index (χ4v) is 9.99. The third kappa shape index (κ3) is 9.83. The molecule has 0 fully saturated rings. The van der Waals surface area contributed by atoms with Gasteiger partial charge >= 0.3 is 0 Å². The Morgan fingerprint density at radius 1 is 0.231 bits per heavy atom.